The highest BCUT2D eigenvalue weighted by molar-refractivity contribution is 4.95. The molecule has 4 N–H and O–H groups in total. The molecular formula is C7H16N2. The highest BCUT2D eigenvalue weighted by Crippen LogP contribution is 2.30. The standard InChI is InChI=1S/C7H16N2/c1-5-3-7(2,9)4-6(5)8/h5-6H,3-4,8-9H2,1-2H3/t5-,6-,7-/m1/s1. The van der Waals surface area contributed by atoms with Crippen molar-refractivity contribution in [2.24, 2.45) is 17.4 Å². The molecule has 0 aromatic carbocycles. The number of hydrogen-bond donors (Lipinski definition) is 2. The molecular weight excluding hydrogens is 112 g/mol. The third-order valence-electron chi connectivity index (χ3n) is 2.22. The lowest BCUT2D eigenvalue weighted by Gasteiger charge is -2.15. The predicted molar refractivity (Wildman–Crippen MR) is 39.0 cm³/mol. The molecule has 1 saturated carbocycles. The van der Waals surface area contributed by atoms with Crippen molar-refractivity contribution in [3.63, 3.8) is 0 Å². The van der Waals surface area contributed by atoms with Gasteiger partial charge in [-0.2, -0.15) is 0 Å². The molecule has 1 fully saturated rings. The molecule has 0 aromatic rings. The SMILES string of the molecule is C[C@@H]1C[C@@](C)(N)C[C@H]1N. The van der Waals surface area contributed by atoms with Gasteiger partial charge in [0.15, 0.2) is 0 Å². The minimum atomic E-state index is 0.0127. The molecule has 9 heavy (non-hydrogen) atoms. The van der Waals surface area contributed by atoms with Gasteiger partial charge in [0.2, 0.25) is 0 Å². The Kier molecular flexibility index (Phi) is 1.53. The lowest BCUT2D eigenvalue weighted by molar-refractivity contribution is 0.464. The highest BCUT2D eigenvalue weighted by Gasteiger charge is 2.34. The third-order valence-corrected chi connectivity index (χ3v) is 2.22. The molecule has 0 heterocycles. The van der Waals surface area contributed by atoms with Crippen molar-refractivity contribution in [2.75, 3.05) is 0 Å². The Morgan fingerprint density at radius 1 is 1.44 bits per heavy atom. The van der Waals surface area contributed by atoms with Crippen LogP contribution in [0.5, 0.6) is 0 Å². The second-order valence-corrected chi connectivity index (χ2v) is 3.70. The second-order valence-electron chi connectivity index (χ2n) is 3.70. The van der Waals surface area contributed by atoms with E-state index in [2.05, 4.69) is 13.8 Å². The van der Waals surface area contributed by atoms with E-state index in [0.29, 0.717) is 12.0 Å². The van der Waals surface area contributed by atoms with Crippen LogP contribution in [0.2, 0.25) is 0 Å². The van der Waals surface area contributed by atoms with Crippen molar-refractivity contribution in [3.8, 4) is 0 Å². The Morgan fingerprint density at radius 3 is 2.11 bits per heavy atom. The Morgan fingerprint density at radius 2 is 2.00 bits per heavy atom. The average Bonchev–Trinajstić information content (AvgIpc) is 1.79. The molecule has 0 saturated heterocycles. The zero-order valence-corrected chi connectivity index (χ0v) is 6.22. The van der Waals surface area contributed by atoms with Crippen molar-refractivity contribution in [3.05, 3.63) is 0 Å². The van der Waals surface area contributed by atoms with Crippen LogP contribution in [0.1, 0.15) is 26.7 Å². The number of hydrogen-bond acceptors (Lipinski definition) is 2. The van der Waals surface area contributed by atoms with Crippen LogP contribution in [0.4, 0.5) is 0 Å². The summed E-state index contributed by atoms with van der Waals surface area (Å²) in [7, 11) is 0. The van der Waals surface area contributed by atoms with Crippen LogP contribution in [-0.4, -0.2) is 11.6 Å². The number of rotatable bonds is 0. The summed E-state index contributed by atoms with van der Waals surface area (Å²) in [6, 6.07) is 0.333. The van der Waals surface area contributed by atoms with Crippen LogP contribution in [-0.2, 0) is 0 Å². The maximum atomic E-state index is 5.88. The first-order valence-electron chi connectivity index (χ1n) is 3.56. The summed E-state index contributed by atoms with van der Waals surface area (Å²) in [4.78, 5) is 0. The maximum Gasteiger partial charge on any atom is 0.0143 e. The fourth-order valence-electron chi connectivity index (χ4n) is 1.71. The van der Waals surface area contributed by atoms with Gasteiger partial charge in [-0.1, -0.05) is 6.92 Å². The van der Waals surface area contributed by atoms with E-state index in [1.807, 2.05) is 0 Å². The molecule has 0 bridgehead atoms. The molecule has 54 valence electrons. The monoisotopic (exact) mass is 128 g/mol. The van der Waals surface area contributed by atoms with Gasteiger partial charge in [-0.05, 0) is 25.7 Å². The first-order valence-corrected chi connectivity index (χ1v) is 3.56. The van der Waals surface area contributed by atoms with E-state index < -0.39 is 0 Å². The molecule has 1 rings (SSSR count). The van der Waals surface area contributed by atoms with Crippen molar-refractivity contribution >= 4 is 0 Å². The van der Waals surface area contributed by atoms with Gasteiger partial charge >= 0.3 is 0 Å². The van der Waals surface area contributed by atoms with Crippen LogP contribution in [0.15, 0.2) is 0 Å². The van der Waals surface area contributed by atoms with E-state index >= 15 is 0 Å². The Labute approximate surface area is 56.6 Å². The summed E-state index contributed by atoms with van der Waals surface area (Å²) in [5, 5.41) is 0. The van der Waals surface area contributed by atoms with Gasteiger partial charge in [-0.15, -0.1) is 0 Å². The molecule has 3 atom stereocenters. The molecule has 0 aliphatic heterocycles. The Hall–Kier alpha value is -0.0800. The van der Waals surface area contributed by atoms with E-state index in [9.17, 15) is 0 Å². The van der Waals surface area contributed by atoms with Gasteiger partial charge in [-0.3, -0.25) is 0 Å². The summed E-state index contributed by atoms with van der Waals surface area (Å²) >= 11 is 0. The predicted octanol–water partition coefficient (Wildman–Crippen LogP) is 0.461. The summed E-state index contributed by atoms with van der Waals surface area (Å²) in [6.45, 7) is 4.25. The molecule has 1 aliphatic carbocycles. The van der Waals surface area contributed by atoms with Gasteiger partial charge in [0.25, 0.3) is 0 Å². The van der Waals surface area contributed by atoms with E-state index in [1.165, 1.54) is 0 Å². The van der Waals surface area contributed by atoms with Gasteiger partial charge in [0.1, 0.15) is 0 Å². The minimum Gasteiger partial charge on any atom is -0.327 e. The normalized spacial score (nSPS) is 52.0. The molecule has 0 radical (unpaired) electrons. The molecule has 1 aliphatic rings. The van der Waals surface area contributed by atoms with Crippen molar-refractivity contribution in [1.82, 2.24) is 0 Å². The topological polar surface area (TPSA) is 52.0 Å². The lowest BCUT2D eigenvalue weighted by atomic mass is 10.0. The van der Waals surface area contributed by atoms with Crippen LogP contribution in [0.25, 0.3) is 0 Å². The highest BCUT2D eigenvalue weighted by atomic mass is 14.8. The number of nitrogens with two attached hydrogens (primary N) is 2. The largest absolute Gasteiger partial charge is 0.327 e. The first kappa shape index (κ1) is 7.03. The quantitative estimate of drug-likeness (QED) is 0.498. The average molecular weight is 128 g/mol. The first-order chi connectivity index (χ1) is 4.01. The van der Waals surface area contributed by atoms with E-state index in [-0.39, 0.29) is 5.54 Å². The molecule has 2 nitrogen and oxygen atoms in total. The van der Waals surface area contributed by atoms with Gasteiger partial charge in [0.05, 0.1) is 0 Å². The van der Waals surface area contributed by atoms with Crippen molar-refractivity contribution < 1.29 is 0 Å². The van der Waals surface area contributed by atoms with Crippen LogP contribution in [0.3, 0.4) is 0 Å². The smallest absolute Gasteiger partial charge is 0.0143 e. The van der Waals surface area contributed by atoms with Crippen molar-refractivity contribution in [2.45, 2.75) is 38.3 Å². The van der Waals surface area contributed by atoms with Gasteiger partial charge < -0.3 is 11.5 Å². The molecule has 0 unspecified atom stereocenters. The Bertz CT molecular complexity index is 97.5. The minimum absolute atomic E-state index is 0.0127. The van der Waals surface area contributed by atoms with Crippen molar-refractivity contribution in [1.29, 1.82) is 0 Å². The zero-order chi connectivity index (χ0) is 7.07. The van der Waals surface area contributed by atoms with E-state index in [4.69, 9.17) is 11.5 Å². The van der Waals surface area contributed by atoms with Gasteiger partial charge in [0, 0.05) is 11.6 Å². The summed E-state index contributed by atoms with van der Waals surface area (Å²) in [5.74, 6) is 0.611. The van der Waals surface area contributed by atoms with E-state index in [1.54, 1.807) is 0 Å². The summed E-state index contributed by atoms with van der Waals surface area (Å²) in [6.07, 6.45) is 2.06. The van der Waals surface area contributed by atoms with Gasteiger partial charge in [-0.25, -0.2) is 0 Å². The Balaban J connectivity index is 2.54. The second kappa shape index (κ2) is 1.96. The fourth-order valence-corrected chi connectivity index (χ4v) is 1.71. The van der Waals surface area contributed by atoms with Crippen LogP contribution >= 0.6 is 0 Å². The van der Waals surface area contributed by atoms with E-state index in [0.717, 1.165) is 12.8 Å². The fraction of sp³-hybridized carbons (Fsp3) is 1.00. The lowest BCUT2D eigenvalue weighted by Crippen LogP contribution is -2.34. The molecule has 2 heteroatoms. The maximum absolute atomic E-state index is 5.88. The summed E-state index contributed by atoms with van der Waals surface area (Å²) in [5.41, 5.74) is 11.7. The molecule has 0 spiro atoms. The third kappa shape index (κ3) is 1.43. The van der Waals surface area contributed by atoms with Crippen LogP contribution in [0, 0.1) is 5.92 Å². The molecule has 0 amide bonds. The van der Waals surface area contributed by atoms with Crippen LogP contribution < -0.4 is 11.5 Å². The molecule has 0 aromatic heterocycles. The zero-order valence-electron chi connectivity index (χ0n) is 6.22. The summed E-state index contributed by atoms with van der Waals surface area (Å²) < 4.78 is 0.